The number of nitrogen functional groups attached to an aromatic ring is 1. The second-order valence-electron chi connectivity index (χ2n) is 10.0. The van der Waals surface area contributed by atoms with Gasteiger partial charge in [0.25, 0.3) is 11.8 Å². The van der Waals surface area contributed by atoms with E-state index in [1.165, 1.54) is 23.0 Å². The van der Waals surface area contributed by atoms with Gasteiger partial charge in [-0.15, -0.1) is 0 Å². The Morgan fingerprint density at radius 1 is 1.28 bits per heavy atom. The summed E-state index contributed by atoms with van der Waals surface area (Å²) in [6, 6.07) is 3.60. The minimum Gasteiger partial charge on any atom is -0.383 e. The van der Waals surface area contributed by atoms with E-state index in [1.807, 2.05) is 0 Å². The van der Waals surface area contributed by atoms with E-state index >= 15 is 0 Å². The van der Waals surface area contributed by atoms with Crippen LogP contribution in [0.5, 0.6) is 0 Å². The van der Waals surface area contributed by atoms with Crippen LogP contribution in [0.1, 0.15) is 53.7 Å². The zero-order valence-corrected chi connectivity index (χ0v) is 21.7. The van der Waals surface area contributed by atoms with Crippen molar-refractivity contribution in [1.82, 2.24) is 24.5 Å². The average Bonchev–Trinajstić information content (AvgIpc) is 3.56. The SMILES string of the molecule is CC#CC(=O)N1CCC2(CC(n3nc(-c4cnn(Cc5cccc(C(F)(F)F)c5Cl)c4)c(C(N)=O)c3N)C2)C1. The Kier molecular flexibility index (Phi) is 6.58. The predicted molar refractivity (Wildman–Crippen MR) is 137 cm³/mol. The van der Waals surface area contributed by atoms with Crippen LogP contribution in [-0.2, 0) is 17.5 Å². The number of hydrogen-bond donors (Lipinski definition) is 2. The van der Waals surface area contributed by atoms with Crippen molar-refractivity contribution in [1.29, 1.82) is 0 Å². The number of alkyl halides is 3. The van der Waals surface area contributed by atoms with Crippen LogP contribution in [0, 0.1) is 17.3 Å². The molecule has 2 aliphatic rings. The number of halogens is 4. The van der Waals surface area contributed by atoms with Gasteiger partial charge in [-0.25, -0.2) is 4.68 Å². The van der Waals surface area contributed by atoms with Gasteiger partial charge in [0.05, 0.1) is 29.4 Å². The number of benzene rings is 1. The highest BCUT2D eigenvalue weighted by Crippen LogP contribution is 2.54. The van der Waals surface area contributed by atoms with Crippen LogP contribution < -0.4 is 11.5 Å². The van der Waals surface area contributed by atoms with E-state index < -0.39 is 22.7 Å². The van der Waals surface area contributed by atoms with Crippen LogP contribution in [0.4, 0.5) is 19.0 Å². The summed E-state index contributed by atoms with van der Waals surface area (Å²) in [4.78, 5) is 26.2. The van der Waals surface area contributed by atoms with Gasteiger partial charge >= 0.3 is 6.18 Å². The maximum absolute atomic E-state index is 13.2. The largest absolute Gasteiger partial charge is 0.417 e. The number of carbonyl (C=O) groups excluding carboxylic acids is 2. The molecule has 9 nitrogen and oxygen atoms in total. The molecule has 2 aromatic heterocycles. The Morgan fingerprint density at radius 3 is 2.69 bits per heavy atom. The number of likely N-dealkylation sites (tertiary alicyclic amines) is 1. The van der Waals surface area contributed by atoms with Crippen molar-refractivity contribution in [3.8, 4) is 23.1 Å². The van der Waals surface area contributed by atoms with Gasteiger partial charge in [-0.3, -0.25) is 14.3 Å². The number of aromatic nitrogens is 4. The van der Waals surface area contributed by atoms with E-state index in [9.17, 15) is 22.8 Å². The highest BCUT2D eigenvalue weighted by molar-refractivity contribution is 6.32. The lowest BCUT2D eigenvalue weighted by molar-refractivity contribution is -0.137. The molecule has 0 atom stereocenters. The fourth-order valence-electron chi connectivity index (χ4n) is 5.58. The number of primary amides is 1. The summed E-state index contributed by atoms with van der Waals surface area (Å²) in [5.74, 6) is 4.41. The maximum Gasteiger partial charge on any atom is 0.417 e. The van der Waals surface area contributed by atoms with Crippen LogP contribution in [0.25, 0.3) is 11.3 Å². The first kappa shape index (κ1) is 26.6. The van der Waals surface area contributed by atoms with E-state index in [0.717, 1.165) is 25.3 Å². The number of anilines is 1. The highest BCUT2D eigenvalue weighted by Gasteiger charge is 2.51. The van der Waals surface area contributed by atoms with Gasteiger partial charge in [-0.1, -0.05) is 29.7 Å². The standard InChI is InChI=1S/C26H25ClF3N7O2/c1-2-4-19(38)35-8-7-25(14-35)9-17(10-25)37-23(31)20(24(32)39)22(34-37)16-11-33-36(13-16)12-15-5-3-6-18(21(15)27)26(28,29)30/h3,5-6,11,13,17H,7-10,12,14,31H2,1H3,(H2,32,39). The summed E-state index contributed by atoms with van der Waals surface area (Å²) in [6.07, 6.45) is 0.714. The second-order valence-corrected chi connectivity index (χ2v) is 10.4. The van der Waals surface area contributed by atoms with Crippen LogP contribution in [-0.4, -0.2) is 49.4 Å². The van der Waals surface area contributed by atoms with Crippen molar-refractivity contribution in [2.24, 2.45) is 11.1 Å². The number of amides is 2. The van der Waals surface area contributed by atoms with Crippen molar-refractivity contribution >= 4 is 29.2 Å². The number of hydrogen-bond acceptors (Lipinski definition) is 5. The molecule has 1 aromatic carbocycles. The minimum atomic E-state index is -4.58. The third kappa shape index (κ3) is 4.83. The second kappa shape index (κ2) is 9.64. The van der Waals surface area contributed by atoms with E-state index in [-0.39, 0.29) is 46.5 Å². The average molecular weight is 560 g/mol. The molecule has 39 heavy (non-hydrogen) atoms. The van der Waals surface area contributed by atoms with Crippen LogP contribution in [0.2, 0.25) is 5.02 Å². The van der Waals surface area contributed by atoms with Gasteiger partial charge in [0.1, 0.15) is 17.1 Å². The molecule has 1 aliphatic carbocycles. The first-order valence-corrected chi connectivity index (χ1v) is 12.6. The normalized spacial score (nSPS) is 20.5. The van der Waals surface area contributed by atoms with Gasteiger partial charge in [0.15, 0.2) is 0 Å². The molecule has 1 saturated heterocycles. The lowest BCUT2D eigenvalue weighted by Gasteiger charge is -2.45. The Bertz CT molecular complexity index is 1530. The zero-order valence-electron chi connectivity index (χ0n) is 20.9. The van der Waals surface area contributed by atoms with Gasteiger partial charge in [0.2, 0.25) is 0 Å². The molecule has 0 radical (unpaired) electrons. The molecule has 204 valence electrons. The number of nitrogens with two attached hydrogens (primary N) is 2. The molecule has 4 N–H and O–H groups in total. The Balaban J connectivity index is 1.37. The molecule has 1 spiro atoms. The van der Waals surface area contributed by atoms with Gasteiger partial charge in [0, 0.05) is 24.8 Å². The molecule has 5 rings (SSSR count). The fraction of sp³-hybridized carbons (Fsp3) is 0.385. The van der Waals surface area contributed by atoms with Gasteiger partial charge in [-0.2, -0.15) is 23.4 Å². The molecular weight excluding hydrogens is 535 g/mol. The van der Waals surface area contributed by atoms with Crippen molar-refractivity contribution in [2.45, 2.75) is 44.9 Å². The van der Waals surface area contributed by atoms with E-state index in [1.54, 1.807) is 22.7 Å². The molecule has 0 unspecified atom stereocenters. The number of carbonyl (C=O) groups is 2. The molecular formula is C26H25ClF3N7O2. The predicted octanol–water partition coefficient (Wildman–Crippen LogP) is 3.73. The van der Waals surface area contributed by atoms with E-state index in [0.29, 0.717) is 18.7 Å². The lowest BCUT2D eigenvalue weighted by atomic mass is 9.65. The highest BCUT2D eigenvalue weighted by atomic mass is 35.5. The quantitative estimate of drug-likeness (QED) is 0.461. The van der Waals surface area contributed by atoms with E-state index in [2.05, 4.69) is 22.0 Å². The molecule has 3 heterocycles. The molecule has 2 fully saturated rings. The lowest BCUT2D eigenvalue weighted by Crippen LogP contribution is -2.42. The summed E-state index contributed by atoms with van der Waals surface area (Å²) in [7, 11) is 0. The topological polar surface area (TPSA) is 125 Å². The third-order valence-corrected chi connectivity index (χ3v) is 7.90. The summed E-state index contributed by atoms with van der Waals surface area (Å²) < 4.78 is 42.7. The summed E-state index contributed by atoms with van der Waals surface area (Å²) in [6.45, 7) is 2.84. The first-order chi connectivity index (χ1) is 18.4. The number of nitrogens with zero attached hydrogens (tertiary/aromatic N) is 5. The molecule has 13 heteroatoms. The molecule has 2 amide bonds. The Hall–Kier alpha value is -3.98. The molecule has 1 aliphatic heterocycles. The van der Waals surface area contributed by atoms with Crippen molar-refractivity contribution in [2.75, 3.05) is 18.8 Å². The van der Waals surface area contributed by atoms with Crippen molar-refractivity contribution in [3.05, 3.63) is 52.3 Å². The maximum atomic E-state index is 13.2. The van der Waals surface area contributed by atoms with Crippen LogP contribution >= 0.6 is 11.6 Å². The smallest absolute Gasteiger partial charge is 0.383 e. The van der Waals surface area contributed by atoms with Gasteiger partial charge in [-0.05, 0) is 49.2 Å². The number of rotatable bonds is 5. The summed E-state index contributed by atoms with van der Waals surface area (Å²) in [5, 5.41) is 8.43. The van der Waals surface area contributed by atoms with Crippen LogP contribution in [0.15, 0.2) is 30.6 Å². The summed E-state index contributed by atoms with van der Waals surface area (Å²) in [5.41, 5.74) is 12.0. The van der Waals surface area contributed by atoms with Crippen molar-refractivity contribution in [3.63, 3.8) is 0 Å². The third-order valence-electron chi connectivity index (χ3n) is 7.46. The first-order valence-electron chi connectivity index (χ1n) is 12.2. The van der Waals surface area contributed by atoms with Gasteiger partial charge < -0.3 is 16.4 Å². The molecule has 1 saturated carbocycles. The molecule has 0 bridgehead atoms. The Labute approximate surface area is 226 Å². The summed E-state index contributed by atoms with van der Waals surface area (Å²) >= 11 is 6.03. The zero-order chi connectivity index (χ0) is 28.1. The monoisotopic (exact) mass is 559 g/mol. The Morgan fingerprint density at radius 2 is 2.03 bits per heavy atom. The van der Waals surface area contributed by atoms with E-state index in [4.69, 9.17) is 23.1 Å². The minimum absolute atomic E-state index is 0.0341. The molecule has 3 aromatic rings. The van der Waals surface area contributed by atoms with Crippen molar-refractivity contribution < 1.29 is 22.8 Å². The van der Waals surface area contributed by atoms with Crippen LogP contribution in [0.3, 0.4) is 0 Å². The fourth-order valence-corrected chi connectivity index (χ4v) is 5.87.